The third kappa shape index (κ3) is 5.28. The van der Waals surface area contributed by atoms with Crippen molar-refractivity contribution in [3.05, 3.63) is 0 Å². The SMILES string of the molecule is CCCCOCC(O)CNC(C)C1CCC1. The highest BCUT2D eigenvalue weighted by atomic mass is 16.5. The summed E-state index contributed by atoms with van der Waals surface area (Å²) in [6.45, 7) is 6.25. The second-order valence-electron chi connectivity index (χ2n) is 4.97. The maximum atomic E-state index is 9.68. The number of rotatable bonds is 9. The second-order valence-corrected chi connectivity index (χ2v) is 4.97. The Balaban J connectivity index is 1.94. The van der Waals surface area contributed by atoms with Crippen LogP contribution in [0.3, 0.4) is 0 Å². The molecule has 1 saturated carbocycles. The van der Waals surface area contributed by atoms with Gasteiger partial charge in [-0.25, -0.2) is 0 Å². The van der Waals surface area contributed by atoms with E-state index in [1.165, 1.54) is 19.3 Å². The molecule has 1 rings (SSSR count). The van der Waals surface area contributed by atoms with Crippen LogP contribution in [0.5, 0.6) is 0 Å². The van der Waals surface area contributed by atoms with Crippen LogP contribution >= 0.6 is 0 Å². The van der Waals surface area contributed by atoms with Crippen molar-refractivity contribution in [3.8, 4) is 0 Å². The maximum Gasteiger partial charge on any atom is 0.0897 e. The van der Waals surface area contributed by atoms with Crippen molar-refractivity contribution >= 4 is 0 Å². The van der Waals surface area contributed by atoms with Gasteiger partial charge in [0, 0.05) is 19.2 Å². The van der Waals surface area contributed by atoms with Crippen molar-refractivity contribution in [2.75, 3.05) is 19.8 Å². The molecule has 0 aliphatic heterocycles. The molecule has 0 aromatic carbocycles. The fourth-order valence-electron chi connectivity index (χ4n) is 1.95. The first-order chi connectivity index (χ1) is 7.74. The molecule has 0 bridgehead atoms. The van der Waals surface area contributed by atoms with Crippen LogP contribution in [0, 0.1) is 5.92 Å². The van der Waals surface area contributed by atoms with Crippen molar-refractivity contribution < 1.29 is 9.84 Å². The van der Waals surface area contributed by atoms with E-state index in [0.29, 0.717) is 19.2 Å². The van der Waals surface area contributed by atoms with Crippen LogP contribution in [0.2, 0.25) is 0 Å². The summed E-state index contributed by atoms with van der Waals surface area (Å²) in [7, 11) is 0. The zero-order chi connectivity index (χ0) is 11.8. The van der Waals surface area contributed by atoms with Gasteiger partial charge in [-0.15, -0.1) is 0 Å². The molecule has 0 radical (unpaired) electrons. The number of hydrogen-bond acceptors (Lipinski definition) is 3. The van der Waals surface area contributed by atoms with E-state index in [-0.39, 0.29) is 6.10 Å². The summed E-state index contributed by atoms with van der Waals surface area (Å²) in [6, 6.07) is 0.541. The normalized spacial score (nSPS) is 20.4. The average Bonchev–Trinajstić information content (AvgIpc) is 2.19. The molecule has 0 aromatic heterocycles. The van der Waals surface area contributed by atoms with E-state index in [4.69, 9.17) is 4.74 Å². The lowest BCUT2D eigenvalue weighted by molar-refractivity contribution is 0.0329. The first-order valence-electron chi connectivity index (χ1n) is 6.73. The molecule has 96 valence electrons. The molecule has 1 fully saturated rings. The number of aliphatic hydroxyl groups excluding tert-OH is 1. The fourth-order valence-corrected chi connectivity index (χ4v) is 1.95. The Hall–Kier alpha value is -0.120. The first kappa shape index (κ1) is 13.9. The zero-order valence-electron chi connectivity index (χ0n) is 10.7. The number of unbranched alkanes of at least 4 members (excludes halogenated alkanes) is 1. The summed E-state index contributed by atoms with van der Waals surface area (Å²) < 4.78 is 5.38. The summed E-state index contributed by atoms with van der Waals surface area (Å²) in [5.41, 5.74) is 0. The highest BCUT2D eigenvalue weighted by molar-refractivity contribution is 4.80. The highest BCUT2D eigenvalue weighted by Crippen LogP contribution is 2.29. The Kier molecular flexibility index (Phi) is 7.01. The number of aliphatic hydroxyl groups is 1. The molecule has 2 N–H and O–H groups in total. The van der Waals surface area contributed by atoms with E-state index in [0.717, 1.165) is 25.4 Å². The summed E-state index contributed by atoms with van der Waals surface area (Å²) in [5.74, 6) is 0.827. The van der Waals surface area contributed by atoms with E-state index in [2.05, 4.69) is 19.2 Å². The molecule has 3 heteroatoms. The molecule has 16 heavy (non-hydrogen) atoms. The quantitative estimate of drug-likeness (QED) is 0.594. The van der Waals surface area contributed by atoms with E-state index in [1.807, 2.05) is 0 Å². The largest absolute Gasteiger partial charge is 0.389 e. The van der Waals surface area contributed by atoms with Crippen LogP contribution < -0.4 is 5.32 Å². The van der Waals surface area contributed by atoms with E-state index in [1.54, 1.807) is 0 Å². The van der Waals surface area contributed by atoms with Crippen LogP contribution in [0.4, 0.5) is 0 Å². The first-order valence-corrected chi connectivity index (χ1v) is 6.73. The minimum atomic E-state index is -0.362. The van der Waals surface area contributed by atoms with Crippen LogP contribution in [0.1, 0.15) is 46.0 Å². The molecule has 0 saturated heterocycles. The molecule has 0 amide bonds. The van der Waals surface area contributed by atoms with Crippen LogP contribution in [0.15, 0.2) is 0 Å². The minimum Gasteiger partial charge on any atom is -0.389 e. The number of hydrogen-bond donors (Lipinski definition) is 2. The molecule has 2 unspecified atom stereocenters. The van der Waals surface area contributed by atoms with E-state index in [9.17, 15) is 5.11 Å². The molecule has 0 heterocycles. The van der Waals surface area contributed by atoms with Crippen LogP contribution in [-0.4, -0.2) is 37.0 Å². The third-order valence-corrected chi connectivity index (χ3v) is 3.48. The van der Waals surface area contributed by atoms with Gasteiger partial charge in [-0.3, -0.25) is 0 Å². The summed E-state index contributed by atoms with van der Waals surface area (Å²) >= 11 is 0. The van der Waals surface area contributed by atoms with Gasteiger partial charge in [0.05, 0.1) is 12.7 Å². The van der Waals surface area contributed by atoms with Crippen molar-refractivity contribution in [1.82, 2.24) is 5.32 Å². The van der Waals surface area contributed by atoms with Gasteiger partial charge in [0.15, 0.2) is 0 Å². The van der Waals surface area contributed by atoms with Crippen LogP contribution in [-0.2, 0) is 4.74 Å². The second kappa shape index (κ2) is 8.04. The lowest BCUT2D eigenvalue weighted by atomic mass is 9.80. The summed E-state index contributed by atoms with van der Waals surface area (Å²) in [6.07, 6.45) is 5.93. The third-order valence-electron chi connectivity index (χ3n) is 3.48. The number of nitrogens with one attached hydrogen (secondary N) is 1. The van der Waals surface area contributed by atoms with Gasteiger partial charge in [-0.1, -0.05) is 19.8 Å². The van der Waals surface area contributed by atoms with Gasteiger partial charge in [0.2, 0.25) is 0 Å². The Bertz CT molecular complexity index is 171. The standard InChI is InChI=1S/C13H27NO2/c1-3-4-8-16-10-13(15)9-14-11(2)12-6-5-7-12/h11-15H,3-10H2,1-2H3. The van der Waals surface area contributed by atoms with Crippen molar-refractivity contribution in [2.45, 2.75) is 58.1 Å². The summed E-state index contributed by atoms with van der Waals surface area (Å²) in [5, 5.41) is 13.1. The fraction of sp³-hybridized carbons (Fsp3) is 1.00. The highest BCUT2D eigenvalue weighted by Gasteiger charge is 2.23. The smallest absolute Gasteiger partial charge is 0.0897 e. The predicted octanol–water partition coefficient (Wildman–Crippen LogP) is 1.94. The Morgan fingerprint density at radius 2 is 2.19 bits per heavy atom. The monoisotopic (exact) mass is 229 g/mol. The molecular formula is C13H27NO2. The Morgan fingerprint density at radius 3 is 2.75 bits per heavy atom. The molecule has 1 aliphatic rings. The Morgan fingerprint density at radius 1 is 1.44 bits per heavy atom. The summed E-state index contributed by atoms with van der Waals surface area (Å²) in [4.78, 5) is 0. The Labute approximate surface area is 99.6 Å². The number of ether oxygens (including phenoxy) is 1. The zero-order valence-corrected chi connectivity index (χ0v) is 10.7. The maximum absolute atomic E-state index is 9.68. The van der Waals surface area contributed by atoms with Gasteiger partial charge < -0.3 is 15.2 Å². The molecule has 2 atom stereocenters. The van der Waals surface area contributed by atoms with E-state index >= 15 is 0 Å². The van der Waals surface area contributed by atoms with Gasteiger partial charge in [-0.05, 0) is 32.1 Å². The van der Waals surface area contributed by atoms with Gasteiger partial charge >= 0.3 is 0 Å². The molecule has 0 spiro atoms. The van der Waals surface area contributed by atoms with Crippen molar-refractivity contribution in [2.24, 2.45) is 5.92 Å². The van der Waals surface area contributed by atoms with Gasteiger partial charge in [0.25, 0.3) is 0 Å². The van der Waals surface area contributed by atoms with Gasteiger partial charge in [0.1, 0.15) is 0 Å². The van der Waals surface area contributed by atoms with Crippen LogP contribution in [0.25, 0.3) is 0 Å². The molecule has 0 aromatic rings. The van der Waals surface area contributed by atoms with Crippen molar-refractivity contribution in [1.29, 1.82) is 0 Å². The van der Waals surface area contributed by atoms with E-state index < -0.39 is 0 Å². The van der Waals surface area contributed by atoms with Crippen molar-refractivity contribution in [3.63, 3.8) is 0 Å². The minimum absolute atomic E-state index is 0.362. The lowest BCUT2D eigenvalue weighted by Gasteiger charge is -2.32. The van der Waals surface area contributed by atoms with Gasteiger partial charge in [-0.2, -0.15) is 0 Å². The topological polar surface area (TPSA) is 41.5 Å². The average molecular weight is 229 g/mol. The molecule has 3 nitrogen and oxygen atoms in total. The predicted molar refractivity (Wildman–Crippen MR) is 66.5 cm³/mol. The molecule has 1 aliphatic carbocycles. The lowest BCUT2D eigenvalue weighted by Crippen LogP contribution is -2.42. The molecular weight excluding hydrogens is 202 g/mol.